The average Bonchev–Trinajstić information content (AvgIpc) is 2.32. The molecule has 12 heavy (non-hydrogen) atoms. The number of aliphatic hydroxyl groups excluding tert-OH is 2. The van der Waals surface area contributed by atoms with E-state index in [0.29, 0.717) is 0 Å². The summed E-state index contributed by atoms with van der Waals surface area (Å²) in [6, 6.07) is -1.32. The average molecular weight is 175 g/mol. The van der Waals surface area contributed by atoms with Crippen molar-refractivity contribution in [1.29, 1.82) is 0 Å². The van der Waals surface area contributed by atoms with Gasteiger partial charge in [-0.2, -0.15) is 0 Å². The zero-order valence-electron chi connectivity index (χ0n) is 6.14. The summed E-state index contributed by atoms with van der Waals surface area (Å²) in [5.41, 5.74) is 5.09. The Kier molecular flexibility index (Phi) is 2.41. The molecule has 6 heteroatoms. The maximum atomic E-state index is 11.0. The predicted octanol–water partition coefficient (Wildman–Crippen LogP) is -2.84. The molecule has 0 aliphatic carbocycles. The number of ketones is 1. The van der Waals surface area contributed by atoms with Crippen molar-refractivity contribution in [3.63, 3.8) is 0 Å². The van der Waals surface area contributed by atoms with E-state index in [-0.39, 0.29) is 0 Å². The fourth-order valence-electron chi connectivity index (χ4n) is 0.914. The zero-order valence-corrected chi connectivity index (χ0v) is 6.14. The molecule has 3 atom stereocenters. The number of carbonyl (C=O) groups is 2. The Morgan fingerprint density at radius 2 is 2.17 bits per heavy atom. The molecule has 0 radical (unpaired) electrons. The topological polar surface area (TPSA) is 110 Å². The van der Waals surface area contributed by atoms with E-state index in [1.54, 1.807) is 0 Å². The monoisotopic (exact) mass is 175 g/mol. The second-order valence-electron chi connectivity index (χ2n) is 2.49. The van der Waals surface area contributed by atoms with Gasteiger partial charge in [-0.1, -0.05) is 0 Å². The second-order valence-corrected chi connectivity index (χ2v) is 2.49. The second kappa shape index (κ2) is 3.18. The van der Waals surface area contributed by atoms with Crippen LogP contribution in [-0.2, 0) is 14.3 Å². The van der Waals surface area contributed by atoms with Crippen molar-refractivity contribution >= 4 is 11.8 Å². The SMILES string of the molecule is NC1C(=O)OC(C(O)CO)C1=O. The van der Waals surface area contributed by atoms with E-state index < -0.39 is 36.6 Å². The Bertz CT molecular complexity index is 216. The number of cyclic esters (lactones) is 1. The number of carbonyl (C=O) groups excluding carboxylic acids is 2. The van der Waals surface area contributed by atoms with Crippen molar-refractivity contribution in [2.75, 3.05) is 6.61 Å². The van der Waals surface area contributed by atoms with E-state index >= 15 is 0 Å². The Morgan fingerprint density at radius 3 is 2.50 bits per heavy atom. The van der Waals surface area contributed by atoms with Crippen LogP contribution in [0, 0.1) is 0 Å². The van der Waals surface area contributed by atoms with E-state index in [9.17, 15) is 9.59 Å². The molecule has 1 saturated heterocycles. The fourth-order valence-corrected chi connectivity index (χ4v) is 0.914. The highest BCUT2D eigenvalue weighted by atomic mass is 16.6. The van der Waals surface area contributed by atoms with Crippen LogP contribution in [0.2, 0.25) is 0 Å². The minimum absolute atomic E-state index is 0.642. The van der Waals surface area contributed by atoms with E-state index in [1.165, 1.54) is 0 Å². The number of hydrogen-bond donors (Lipinski definition) is 3. The molecule has 1 heterocycles. The standard InChI is InChI=1S/C6H9NO5/c7-3-4(10)5(2(9)1-8)12-6(3)11/h2-3,5,8-9H,1,7H2. The van der Waals surface area contributed by atoms with Gasteiger partial charge in [-0.05, 0) is 0 Å². The van der Waals surface area contributed by atoms with Crippen LogP contribution in [0.1, 0.15) is 0 Å². The van der Waals surface area contributed by atoms with Crippen LogP contribution < -0.4 is 5.73 Å². The van der Waals surface area contributed by atoms with Gasteiger partial charge in [-0.25, -0.2) is 4.79 Å². The van der Waals surface area contributed by atoms with Crippen molar-refractivity contribution < 1.29 is 24.5 Å². The summed E-state index contributed by atoms with van der Waals surface area (Å²) in [4.78, 5) is 21.6. The van der Waals surface area contributed by atoms with Gasteiger partial charge in [0, 0.05) is 0 Å². The fraction of sp³-hybridized carbons (Fsp3) is 0.667. The van der Waals surface area contributed by atoms with Crippen molar-refractivity contribution in [2.24, 2.45) is 5.73 Å². The molecule has 0 bridgehead atoms. The van der Waals surface area contributed by atoms with E-state index in [4.69, 9.17) is 15.9 Å². The third-order valence-electron chi connectivity index (χ3n) is 1.62. The molecule has 0 saturated carbocycles. The normalized spacial score (nSPS) is 31.9. The van der Waals surface area contributed by atoms with Crippen LogP contribution in [0.25, 0.3) is 0 Å². The molecule has 1 aliphatic rings. The highest BCUT2D eigenvalue weighted by Crippen LogP contribution is 2.12. The Hall–Kier alpha value is -0.980. The number of Topliss-reactive ketones (excluding diaryl/α,β-unsaturated/α-hetero) is 1. The molecule has 0 aromatic carbocycles. The van der Waals surface area contributed by atoms with E-state index in [2.05, 4.69) is 4.74 Å². The minimum atomic E-state index is -1.38. The summed E-state index contributed by atoms with van der Waals surface area (Å²) in [6.07, 6.45) is -2.69. The van der Waals surface area contributed by atoms with E-state index in [0.717, 1.165) is 0 Å². The Morgan fingerprint density at radius 1 is 1.58 bits per heavy atom. The molecule has 0 spiro atoms. The minimum Gasteiger partial charge on any atom is -0.450 e. The lowest BCUT2D eigenvalue weighted by molar-refractivity contribution is -0.149. The van der Waals surface area contributed by atoms with Gasteiger partial charge in [0.2, 0.25) is 5.78 Å². The van der Waals surface area contributed by atoms with Gasteiger partial charge in [-0.3, -0.25) is 4.79 Å². The first-order valence-electron chi connectivity index (χ1n) is 3.36. The van der Waals surface area contributed by atoms with Crippen molar-refractivity contribution in [3.05, 3.63) is 0 Å². The quantitative estimate of drug-likeness (QED) is 0.308. The van der Waals surface area contributed by atoms with Crippen LogP contribution >= 0.6 is 0 Å². The van der Waals surface area contributed by atoms with Gasteiger partial charge in [0.1, 0.15) is 6.10 Å². The van der Waals surface area contributed by atoms with Gasteiger partial charge in [0.25, 0.3) is 0 Å². The highest BCUT2D eigenvalue weighted by Gasteiger charge is 2.44. The lowest BCUT2D eigenvalue weighted by atomic mass is 10.1. The van der Waals surface area contributed by atoms with Crippen LogP contribution in [0.4, 0.5) is 0 Å². The third kappa shape index (κ3) is 1.31. The number of aliphatic hydroxyl groups is 2. The third-order valence-corrected chi connectivity index (χ3v) is 1.62. The van der Waals surface area contributed by atoms with Gasteiger partial charge in [0.15, 0.2) is 12.1 Å². The first-order valence-corrected chi connectivity index (χ1v) is 3.36. The van der Waals surface area contributed by atoms with Crippen LogP contribution in [0.15, 0.2) is 0 Å². The number of ether oxygens (including phenoxy) is 1. The van der Waals surface area contributed by atoms with Crippen LogP contribution in [0.3, 0.4) is 0 Å². The molecule has 1 fully saturated rings. The largest absolute Gasteiger partial charge is 0.450 e. The van der Waals surface area contributed by atoms with Gasteiger partial charge in [0.05, 0.1) is 6.61 Å². The van der Waals surface area contributed by atoms with E-state index in [1.807, 2.05) is 0 Å². The molecule has 1 rings (SSSR count). The molecule has 0 aromatic rings. The number of hydrogen-bond acceptors (Lipinski definition) is 6. The van der Waals surface area contributed by atoms with Crippen LogP contribution in [0.5, 0.6) is 0 Å². The summed E-state index contributed by atoms with van der Waals surface area (Å²) in [7, 11) is 0. The molecular formula is C6H9NO5. The maximum absolute atomic E-state index is 11.0. The number of nitrogens with two attached hydrogens (primary N) is 1. The summed E-state index contributed by atoms with van der Waals surface area (Å²) in [5, 5.41) is 17.4. The summed E-state index contributed by atoms with van der Waals surface area (Å²) in [5.74, 6) is -1.56. The van der Waals surface area contributed by atoms with Gasteiger partial charge >= 0.3 is 5.97 Å². The van der Waals surface area contributed by atoms with Gasteiger partial charge < -0.3 is 20.7 Å². The zero-order chi connectivity index (χ0) is 9.30. The number of esters is 1. The van der Waals surface area contributed by atoms with Gasteiger partial charge in [-0.15, -0.1) is 0 Å². The molecule has 0 amide bonds. The smallest absolute Gasteiger partial charge is 0.331 e. The molecular weight excluding hydrogens is 166 g/mol. The summed E-state index contributed by atoms with van der Waals surface area (Å²) >= 11 is 0. The maximum Gasteiger partial charge on any atom is 0.331 e. The molecule has 3 unspecified atom stereocenters. The molecule has 6 nitrogen and oxygen atoms in total. The number of rotatable bonds is 2. The highest BCUT2D eigenvalue weighted by molar-refractivity contribution is 6.10. The van der Waals surface area contributed by atoms with Crippen LogP contribution in [-0.4, -0.2) is 46.8 Å². The Balaban J connectivity index is 2.71. The summed E-state index contributed by atoms with van der Waals surface area (Å²) in [6.45, 7) is -0.642. The molecule has 4 N–H and O–H groups in total. The lowest BCUT2D eigenvalue weighted by Crippen LogP contribution is -2.39. The van der Waals surface area contributed by atoms with Crippen molar-refractivity contribution in [2.45, 2.75) is 18.2 Å². The Labute approximate surface area is 67.9 Å². The van der Waals surface area contributed by atoms with Crippen molar-refractivity contribution in [1.82, 2.24) is 0 Å². The first-order chi connectivity index (χ1) is 5.57. The predicted molar refractivity (Wildman–Crippen MR) is 36.0 cm³/mol. The summed E-state index contributed by atoms with van der Waals surface area (Å²) < 4.78 is 4.42. The lowest BCUT2D eigenvalue weighted by Gasteiger charge is -2.11. The van der Waals surface area contributed by atoms with Crippen molar-refractivity contribution in [3.8, 4) is 0 Å². The molecule has 0 aromatic heterocycles. The molecule has 68 valence electrons. The molecule has 1 aliphatic heterocycles. The first kappa shape index (κ1) is 9.11.